The summed E-state index contributed by atoms with van der Waals surface area (Å²) in [5.41, 5.74) is 2.90. The molecule has 112 valence electrons. The van der Waals surface area contributed by atoms with E-state index < -0.39 is 0 Å². The first-order valence-electron chi connectivity index (χ1n) is 7.06. The molecule has 0 bridgehead atoms. The normalized spacial score (nSPS) is 18.4. The highest BCUT2D eigenvalue weighted by Gasteiger charge is 2.14. The van der Waals surface area contributed by atoms with E-state index in [0.29, 0.717) is 6.04 Å². The van der Waals surface area contributed by atoms with Crippen molar-refractivity contribution in [3.05, 3.63) is 29.0 Å². The fourth-order valence-electron chi connectivity index (χ4n) is 2.34. The molecule has 1 saturated heterocycles. The summed E-state index contributed by atoms with van der Waals surface area (Å²) in [5.74, 6) is 1.73. The lowest BCUT2D eigenvalue weighted by molar-refractivity contribution is 0.0875. The third-order valence-electron chi connectivity index (χ3n) is 3.44. The molecule has 1 fully saturated rings. The molecular formula is C14H19N5OS. The molecule has 0 aliphatic carbocycles. The van der Waals surface area contributed by atoms with Gasteiger partial charge in [0.15, 0.2) is 0 Å². The molecule has 1 aliphatic rings. The van der Waals surface area contributed by atoms with Gasteiger partial charge >= 0.3 is 0 Å². The average Bonchev–Trinajstić information content (AvgIpc) is 3.01. The van der Waals surface area contributed by atoms with Crippen LogP contribution in [0.2, 0.25) is 0 Å². The summed E-state index contributed by atoms with van der Waals surface area (Å²) < 4.78 is 5.48. The van der Waals surface area contributed by atoms with Crippen molar-refractivity contribution in [2.45, 2.75) is 25.4 Å². The van der Waals surface area contributed by atoms with Crippen LogP contribution in [-0.2, 0) is 11.3 Å². The molecule has 0 saturated carbocycles. The van der Waals surface area contributed by atoms with E-state index >= 15 is 0 Å². The Bertz CT molecular complexity index is 556. The molecule has 0 radical (unpaired) electrons. The Labute approximate surface area is 128 Å². The van der Waals surface area contributed by atoms with Crippen LogP contribution in [0.4, 0.5) is 11.6 Å². The highest BCUT2D eigenvalue weighted by atomic mass is 32.1. The number of thiazole rings is 1. The lowest BCUT2D eigenvalue weighted by Gasteiger charge is -2.24. The second-order valence-electron chi connectivity index (χ2n) is 5.16. The molecule has 1 N–H and O–H groups in total. The van der Waals surface area contributed by atoms with Crippen molar-refractivity contribution >= 4 is 23.0 Å². The molecule has 1 atom stereocenters. The van der Waals surface area contributed by atoms with E-state index in [4.69, 9.17) is 4.74 Å². The van der Waals surface area contributed by atoms with Gasteiger partial charge in [-0.15, -0.1) is 11.3 Å². The van der Waals surface area contributed by atoms with Crippen molar-refractivity contribution in [1.82, 2.24) is 15.0 Å². The Morgan fingerprint density at radius 1 is 1.43 bits per heavy atom. The van der Waals surface area contributed by atoms with Gasteiger partial charge in [0, 0.05) is 25.1 Å². The van der Waals surface area contributed by atoms with Crippen LogP contribution in [0, 0.1) is 0 Å². The number of hydrogen-bond acceptors (Lipinski definition) is 7. The van der Waals surface area contributed by atoms with Gasteiger partial charge in [0.2, 0.25) is 0 Å². The Hall–Kier alpha value is -1.73. The maximum absolute atomic E-state index is 5.48. The summed E-state index contributed by atoms with van der Waals surface area (Å²) in [5, 5.41) is 5.47. The number of aromatic nitrogens is 3. The van der Waals surface area contributed by atoms with Crippen LogP contribution in [0.3, 0.4) is 0 Å². The molecule has 1 aliphatic heterocycles. The van der Waals surface area contributed by atoms with Crippen molar-refractivity contribution in [2.24, 2.45) is 0 Å². The fraction of sp³-hybridized carbons (Fsp3) is 0.500. The minimum Gasteiger partial charge on any atom is -0.379 e. The van der Waals surface area contributed by atoms with Crippen LogP contribution < -0.4 is 10.2 Å². The number of anilines is 2. The minimum atomic E-state index is 0.338. The molecule has 2 aromatic heterocycles. The summed E-state index contributed by atoms with van der Waals surface area (Å²) in [7, 11) is 2.01. The summed E-state index contributed by atoms with van der Waals surface area (Å²) in [6, 6.07) is 2.31. The summed E-state index contributed by atoms with van der Waals surface area (Å²) in [6.07, 6.45) is 3.81. The highest BCUT2D eigenvalue weighted by Crippen LogP contribution is 2.18. The predicted molar refractivity (Wildman–Crippen MR) is 83.7 cm³/mol. The van der Waals surface area contributed by atoms with Crippen LogP contribution in [0.5, 0.6) is 0 Å². The predicted octanol–water partition coefficient (Wildman–Crippen LogP) is 2.16. The zero-order valence-electron chi connectivity index (χ0n) is 12.0. The molecule has 2 aromatic rings. The van der Waals surface area contributed by atoms with Gasteiger partial charge in [0.05, 0.1) is 30.4 Å². The van der Waals surface area contributed by atoms with Crippen molar-refractivity contribution in [3.63, 3.8) is 0 Å². The molecule has 0 unspecified atom stereocenters. The fourth-order valence-corrected chi connectivity index (χ4v) is 2.89. The average molecular weight is 305 g/mol. The topological polar surface area (TPSA) is 63.2 Å². The number of ether oxygens (including phenoxy) is 1. The van der Waals surface area contributed by atoms with Gasteiger partial charge in [-0.05, 0) is 12.8 Å². The van der Waals surface area contributed by atoms with E-state index in [1.54, 1.807) is 17.7 Å². The first-order chi connectivity index (χ1) is 10.3. The molecule has 3 heterocycles. The van der Waals surface area contributed by atoms with Crippen molar-refractivity contribution in [2.75, 3.05) is 30.5 Å². The number of rotatable bonds is 5. The van der Waals surface area contributed by atoms with Crippen molar-refractivity contribution in [3.8, 4) is 0 Å². The Morgan fingerprint density at radius 3 is 3.14 bits per heavy atom. The first kappa shape index (κ1) is 14.2. The van der Waals surface area contributed by atoms with Crippen molar-refractivity contribution < 1.29 is 4.74 Å². The maximum Gasteiger partial charge on any atom is 0.134 e. The number of nitrogens with one attached hydrogen (secondary N) is 1. The van der Waals surface area contributed by atoms with Gasteiger partial charge in [0.1, 0.15) is 18.0 Å². The smallest absolute Gasteiger partial charge is 0.134 e. The zero-order chi connectivity index (χ0) is 14.5. The first-order valence-corrected chi connectivity index (χ1v) is 8.00. The lowest BCUT2D eigenvalue weighted by atomic mass is 10.1. The summed E-state index contributed by atoms with van der Waals surface area (Å²) in [6.45, 7) is 2.35. The Kier molecular flexibility index (Phi) is 4.62. The largest absolute Gasteiger partial charge is 0.379 e. The van der Waals surface area contributed by atoms with Gasteiger partial charge in [-0.25, -0.2) is 15.0 Å². The van der Waals surface area contributed by atoms with Crippen molar-refractivity contribution in [1.29, 1.82) is 0 Å². The molecular weight excluding hydrogens is 286 g/mol. The third-order valence-corrected chi connectivity index (χ3v) is 4.07. The van der Waals surface area contributed by atoms with E-state index in [1.807, 2.05) is 18.6 Å². The van der Waals surface area contributed by atoms with Gasteiger partial charge in [-0.3, -0.25) is 0 Å². The van der Waals surface area contributed by atoms with E-state index in [0.717, 1.165) is 49.9 Å². The van der Waals surface area contributed by atoms with E-state index in [9.17, 15) is 0 Å². The van der Waals surface area contributed by atoms with E-state index in [2.05, 4.69) is 30.5 Å². The maximum atomic E-state index is 5.48. The van der Waals surface area contributed by atoms with Crippen LogP contribution in [0.1, 0.15) is 18.5 Å². The monoisotopic (exact) mass is 305 g/mol. The van der Waals surface area contributed by atoms with Gasteiger partial charge in [0.25, 0.3) is 0 Å². The molecule has 6 nitrogen and oxygen atoms in total. The second kappa shape index (κ2) is 6.82. The SMILES string of the molecule is CN(Cc1cscn1)c1cc(N[C@@H]2CCCOC2)ncn1. The van der Waals surface area contributed by atoms with Crippen LogP contribution in [0.25, 0.3) is 0 Å². The Morgan fingerprint density at radius 2 is 2.38 bits per heavy atom. The van der Waals surface area contributed by atoms with E-state index in [-0.39, 0.29) is 0 Å². The minimum absolute atomic E-state index is 0.338. The summed E-state index contributed by atoms with van der Waals surface area (Å²) >= 11 is 1.61. The highest BCUT2D eigenvalue weighted by molar-refractivity contribution is 7.07. The third kappa shape index (κ3) is 3.89. The lowest BCUT2D eigenvalue weighted by Crippen LogP contribution is -2.30. The summed E-state index contributed by atoms with van der Waals surface area (Å²) in [4.78, 5) is 15.0. The molecule has 0 aromatic carbocycles. The van der Waals surface area contributed by atoms with Gasteiger partial charge in [-0.1, -0.05) is 0 Å². The second-order valence-corrected chi connectivity index (χ2v) is 5.87. The number of nitrogens with zero attached hydrogens (tertiary/aromatic N) is 4. The van der Waals surface area contributed by atoms with Gasteiger partial charge in [-0.2, -0.15) is 0 Å². The van der Waals surface area contributed by atoms with Crippen LogP contribution >= 0.6 is 11.3 Å². The zero-order valence-corrected chi connectivity index (χ0v) is 12.8. The van der Waals surface area contributed by atoms with Crippen LogP contribution in [-0.4, -0.2) is 41.3 Å². The molecule has 3 rings (SSSR count). The molecule has 7 heteroatoms. The Balaban J connectivity index is 1.64. The van der Waals surface area contributed by atoms with Gasteiger partial charge < -0.3 is 15.0 Å². The quantitative estimate of drug-likeness (QED) is 0.913. The molecule has 0 spiro atoms. The molecule has 0 amide bonds. The van der Waals surface area contributed by atoms with E-state index in [1.165, 1.54) is 0 Å². The number of hydrogen-bond donors (Lipinski definition) is 1. The standard InChI is InChI=1S/C14H19N5OS/c1-19(6-12-8-21-10-17-12)14-5-13(15-9-16-14)18-11-3-2-4-20-7-11/h5,8-11H,2-4,6-7H2,1H3,(H,15,16,18)/t11-/m1/s1. The van der Waals surface area contributed by atoms with Crippen LogP contribution in [0.15, 0.2) is 23.3 Å². The molecule has 21 heavy (non-hydrogen) atoms.